The van der Waals surface area contributed by atoms with Gasteiger partial charge in [0.15, 0.2) is 0 Å². The Morgan fingerprint density at radius 1 is 0.960 bits per heavy atom. The number of aryl methyl sites for hydroxylation is 4. The summed E-state index contributed by atoms with van der Waals surface area (Å²) in [5.41, 5.74) is 4.89. The van der Waals surface area contributed by atoms with Gasteiger partial charge in [0.2, 0.25) is 10.0 Å². The van der Waals surface area contributed by atoms with Crippen molar-refractivity contribution >= 4 is 16.0 Å². The lowest BCUT2D eigenvalue weighted by atomic mass is 10.1. The number of nitrogens with one attached hydrogen (secondary N) is 1. The monoisotopic (exact) mass is 361 g/mol. The topological polar surface area (TPSA) is 72.5 Å². The summed E-state index contributed by atoms with van der Waals surface area (Å²) in [4.78, 5) is 12.0. The molecule has 0 saturated carbocycles. The van der Waals surface area contributed by atoms with Crippen LogP contribution in [-0.2, 0) is 26.2 Å². The van der Waals surface area contributed by atoms with Gasteiger partial charge in [-0.2, -0.15) is 4.72 Å². The standard InChI is InChI=1S/C19H23NO4S/c1-13-5-6-15(3)17(9-13)12-24-19(21)11-20-25(22,23)18-8-7-14(2)16(4)10-18/h5-10,20H,11-12H2,1-4H3. The number of carbonyl (C=O) groups excluding carboxylic acids is 1. The molecule has 0 heterocycles. The molecule has 6 heteroatoms. The van der Waals surface area contributed by atoms with Gasteiger partial charge in [0, 0.05) is 0 Å². The van der Waals surface area contributed by atoms with Crippen LogP contribution in [0.15, 0.2) is 41.3 Å². The first-order chi connectivity index (χ1) is 11.7. The number of sulfonamides is 1. The Labute approximate surface area is 149 Å². The molecule has 0 unspecified atom stereocenters. The number of esters is 1. The van der Waals surface area contributed by atoms with Gasteiger partial charge in [0.05, 0.1) is 4.90 Å². The van der Waals surface area contributed by atoms with Gasteiger partial charge in [0.1, 0.15) is 13.2 Å². The number of carbonyl (C=O) groups is 1. The van der Waals surface area contributed by atoms with Gasteiger partial charge < -0.3 is 4.74 Å². The highest BCUT2D eigenvalue weighted by atomic mass is 32.2. The van der Waals surface area contributed by atoms with Crippen LogP contribution in [0.25, 0.3) is 0 Å². The molecule has 0 aliphatic heterocycles. The fourth-order valence-corrected chi connectivity index (χ4v) is 3.34. The number of hydrogen-bond acceptors (Lipinski definition) is 4. The Morgan fingerprint density at radius 2 is 1.64 bits per heavy atom. The van der Waals surface area contributed by atoms with E-state index in [1.807, 2.05) is 45.9 Å². The van der Waals surface area contributed by atoms with E-state index in [0.717, 1.165) is 27.8 Å². The first-order valence-corrected chi connectivity index (χ1v) is 9.46. The molecule has 0 atom stereocenters. The van der Waals surface area contributed by atoms with Crippen LogP contribution in [0.3, 0.4) is 0 Å². The molecule has 0 fully saturated rings. The minimum Gasteiger partial charge on any atom is -0.460 e. The molecule has 134 valence electrons. The highest BCUT2D eigenvalue weighted by Crippen LogP contribution is 2.15. The van der Waals surface area contributed by atoms with Crippen LogP contribution in [0.1, 0.15) is 27.8 Å². The average Bonchev–Trinajstić information content (AvgIpc) is 2.56. The lowest BCUT2D eigenvalue weighted by Crippen LogP contribution is -2.30. The lowest BCUT2D eigenvalue weighted by molar-refractivity contribution is -0.143. The zero-order chi connectivity index (χ0) is 18.6. The molecule has 0 aliphatic carbocycles. The van der Waals surface area contributed by atoms with Gasteiger partial charge >= 0.3 is 5.97 Å². The maximum Gasteiger partial charge on any atom is 0.321 e. The molecular formula is C19H23NO4S. The molecule has 0 bridgehead atoms. The molecule has 5 nitrogen and oxygen atoms in total. The maximum atomic E-state index is 12.3. The second kappa shape index (κ2) is 7.80. The van der Waals surface area contributed by atoms with Gasteiger partial charge in [0.25, 0.3) is 0 Å². The minimum atomic E-state index is -3.74. The smallest absolute Gasteiger partial charge is 0.321 e. The van der Waals surface area contributed by atoms with Crippen molar-refractivity contribution in [1.29, 1.82) is 0 Å². The Bertz CT molecular complexity index is 888. The van der Waals surface area contributed by atoms with E-state index in [2.05, 4.69) is 4.72 Å². The fourth-order valence-electron chi connectivity index (χ4n) is 2.28. The summed E-state index contributed by atoms with van der Waals surface area (Å²) in [5.74, 6) is -0.617. The van der Waals surface area contributed by atoms with Crippen molar-refractivity contribution in [3.05, 3.63) is 64.2 Å². The maximum absolute atomic E-state index is 12.3. The summed E-state index contributed by atoms with van der Waals surface area (Å²) in [6.07, 6.45) is 0. The third kappa shape index (κ3) is 5.14. The Hall–Kier alpha value is -2.18. The van der Waals surface area contributed by atoms with Crippen LogP contribution in [0, 0.1) is 27.7 Å². The average molecular weight is 361 g/mol. The van der Waals surface area contributed by atoms with Gasteiger partial charge in [-0.15, -0.1) is 0 Å². The molecule has 25 heavy (non-hydrogen) atoms. The minimum absolute atomic E-state index is 0.123. The molecule has 0 spiro atoms. The molecule has 0 aliphatic rings. The molecule has 0 amide bonds. The van der Waals surface area contributed by atoms with Crippen molar-refractivity contribution in [2.45, 2.75) is 39.2 Å². The highest BCUT2D eigenvalue weighted by molar-refractivity contribution is 7.89. The third-order valence-corrected chi connectivity index (χ3v) is 5.49. The van der Waals surface area contributed by atoms with Gasteiger partial charge in [-0.05, 0) is 62.1 Å². The zero-order valence-electron chi connectivity index (χ0n) is 14.9. The molecule has 1 N–H and O–H groups in total. The van der Waals surface area contributed by atoms with Crippen molar-refractivity contribution in [3.8, 4) is 0 Å². The van der Waals surface area contributed by atoms with Crippen molar-refractivity contribution in [2.75, 3.05) is 6.54 Å². The summed E-state index contributed by atoms with van der Waals surface area (Å²) in [5, 5.41) is 0. The van der Waals surface area contributed by atoms with E-state index in [1.165, 1.54) is 6.07 Å². The predicted molar refractivity (Wildman–Crippen MR) is 96.8 cm³/mol. The van der Waals surface area contributed by atoms with Gasteiger partial charge in [-0.1, -0.05) is 29.8 Å². The molecular weight excluding hydrogens is 338 g/mol. The molecule has 2 aromatic carbocycles. The summed E-state index contributed by atoms with van der Waals surface area (Å²) in [6, 6.07) is 10.7. The quantitative estimate of drug-likeness (QED) is 0.803. The van der Waals surface area contributed by atoms with E-state index < -0.39 is 22.5 Å². The summed E-state index contributed by atoms with van der Waals surface area (Å²) < 4.78 is 32.0. The second-order valence-corrected chi connectivity index (χ2v) is 7.93. The Morgan fingerprint density at radius 3 is 2.32 bits per heavy atom. The van der Waals surface area contributed by atoms with E-state index in [9.17, 15) is 13.2 Å². The van der Waals surface area contributed by atoms with E-state index in [-0.39, 0.29) is 11.5 Å². The Kier molecular flexibility index (Phi) is 5.98. The fraction of sp³-hybridized carbons (Fsp3) is 0.316. The second-order valence-electron chi connectivity index (χ2n) is 6.16. The Balaban J connectivity index is 1.94. The molecule has 2 rings (SSSR count). The van der Waals surface area contributed by atoms with Crippen LogP contribution in [0.4, 0.5) is 0 Å². The highest BCUT2D eigenvalue weighted by Gasteiger charge is 2.16. The lowest BCUT2D eigenvalue weighted by Gasteiger charge is -2.10. The summed E-state index contributed by atoms with van der Waals surface area (Å²) >= 11 is 0. The first kappa shape index (κ1) is 19.1. The van der Waals surface area contributed by atoms with E-state index >= 15 is 0 Å². The van der Waals surface area contributed by atoms with Crippen LogP contribution in [-0.4, -0.2) is 20.9 Å². The number of benzene rings is 2. The molecule has 2 aromatic rings. The molecule has 0 radical (unpaired) electrons. The van der Waals surface area contributed by atoms with Gasteiger partial charge in [-0.25, -0.2) is 8.42 Å². The van der Waals surface area contributed by atoms with Crippen molar-refractivity contribution < 1.29 is 17.9 Å². The van der Waals surface area contributed by atoms with Crippen molar-refractivity contribution in [1.82, 2.24) is 4.72 Å². The first-order valence-electron chi connectivity index (χ1n) is 7.98. The van der Waals surface area contributed by atoms with Crippen LogP contribution in [0.2, 0.25) is 0 Å². The predicted octanol–water partition coefficient (Wildman–Crippen LogP) is 2.94. The number of rotatable bonds is 6. The van der Waals surface area contributed by atoms with E-state index in [0.29, 0.717) is 0 Å². The van der Waals surface area contributed by atoms with Gasteiger partial charge in [-0.3, -0.25) is 4.79 Å². The van der Waals surface area contributed by atoms with E-state index in [1.54, 1.807) is 12.1 Å². The molecule has 0 saturated heterocycles. The zero-order valence-corrected chi connectivity index (χ0v) is 15.7. The van der Waals surface area contributed by atoms with Crippen molar-refractivity contribution in [2.24, 2.45) is 0 Å². The van der Waals surface area contributed by atoms with E-state index in [4.69, 9.17) is 4.74 Å². The van der Waals surface area contributed by atoms with Crippen LogP contribution >= 0.6 is 0 Å². The summed E-state index contributed by atoms with van der Waals surface area (Å²) in [6.45, 7) is 7.36. The summed E-state index contributed by atoms with van der Waals surface area (Å²) in [7, 11) is -3.74. The SMILES string of the molecule is Cc1ccc(C)c(COC(=O)CNS(=O)(=O)c2ccc(C)c(C)c2)c1. The molecule has 0 aromatic heterocycles. The van der Waals surface area contributed by atoms with Crippen LogP contribution in [0.5, 0.6) is 0 Å². The number of hydrogen-bond donors (Lipinski definition) is 1. The normalized spacial score (nSPS) is 11.4. The van der Waals surface area contributed by atoms with Crippen molar-refractivity contribution in [3.63, 3.8) is 0 Å². The largest absolute Gasteiger partial charge is 0.460 e. The third-order valence-electron chi connectivity index (χ3n) is 4.09. The van der Waals surface area contributed by atoms with Crippen LogP contribution < -0.4 is 4.72 Å². The number of ether oxygens (including phenoxy) is 1.